The zero-order chi connectivity index (χ0) is 14.4. The molecule has 0 radical (unpaired) electrons. The molecule has 2 N–H and O–H groups in total. The normalized spacial score (nSPS) is 17.6. The second-order valence-electron chi connectivity index (χ2n) is 5.31. The van der Waals surface area contributed by atoms with E-state index in [2.05, 4.69) is 10.6 Å². The van der Waals surface area contributed by atoms with Gasteiger partial charge in [-0.3, -0.25) is 4.79 Å². The number of allylic oxidation sites excluding steroid dienone is 1. The summed E-state index contributed by atoms with van der Waals surface area (Å²) in [5.74, 6) is 0.0254. The van der Waals surface area contributed by atoms with Crippen LogP contribution in [0.2, 0.25) is 0 Å². The van der Waals surface area contributed by atoms with E-state index in [-0.39, 0.29) is 17.9 Å². The largest absolute Gasteiger partial charge is 0.497 e. The molecule has 1 aromatic rings. The average molecular weight is 274 g/mol. The molecule has 0 spiro atoms. The van der Waals surface area contributed by atoms with Gasteiger partial charge in [0.15, 0.2) is 0 Å². The highest BCUT2D eigenvalue weighted by Gasteiger charge is 2.10. The maximum absolute atomic E-state index is 11.6. The summed E-state index contributed by atoms with van der Waals surface area (Å²) in [7, 11) is 0. The van der Waals surface area contributed by atoms with Crippen molar-refractivity contribution in [2.45, 2.75) is 32.8 Å². The number of nitrogens with one attached hydrogen (secondary N) is 2. The third-order valence-corrected chi connectivity index (χ3v) is 3.23. The van der Waals surface area contributed by atoms with Crippen LogP contribution in [0.3, 0.4) is 0 Å². The summed E-state index contributed by atoms with van der Waals surface area (Å²) in [4.78, 5) is 11.6. The van der Waals surface area contributed by atoms with Gasteiger partial charge in [0.2, 0.25) is 5.91 Å². The van der Waals surface area contributed by atoms with Gasteiger partial charge in [-0.2, -0.15) is 0 Å². The first-order valence-corrected chi connectivity index (χ1v) is 7.10. The van der Waals surface area contributed by atoms with Crippen LogP contribution in [-0.2, 0) is 9.53 Å². The SMILES string of the molecule is CC(C)C(=O)Nc1ccc(NCC2CCC=CO2)cc1. The minimum absolute atomic E-state index is 0.00990. The van der Waals surface area contributed by atoms with E-state index in [0.717, 1.165) is 30.8 Å². The standard InChI is InChI=1S/C16H22N2O2/c1-12(2)16(19)18-14-8-6-13(7-9-14)17-11-15-5-3-4-10-20-15/h4,6-10,12,15,17H,3,5,11H2,1-2H3,(H,18,19). The van der Waals surface area contributed by atoms with Crippen LogP contribution in [0, 0.1) is 5.92 Å². The first-order chi connectivity index (χ1) is 9.65. The van der Waals surface area contributed by atoms with E-state index in [1.165, 1.54) is 0 Å². The molecule has 0 saturated carbocycles. The number of hydrogen-bond acceptors (Lipinski definition) is 3. The highest BCUT2D eigenvalue weighted by molar-refractivity contribution is 5.92. The second-order valence-corrected chi connectivity index (χ2v) is 5.31. The highest BCUT2D eigenvalue weighted by Crippen LogP contribution is 2.16. The van der Waals surface area contributed by atoms with Gasteiger partial charge in [-0.15, -0.1) is 0 Å². The number of carbonyl (C=O) groups is 1. The Morgan fingerprint density at radius 1 is 1.30 bits per heavy atom. The number of amides is 1. The lowest BCUT2D eigenvalue weighted by atomic mass is 10.1. The molecular formula is C16H22N2O2. The maximum Gasteiger partial charge on any atom is 0.226 e. The summed E-state index contributed by atoms with van der Waals surface area (Å²) in [5.41, 5.74) is 1.86. The molecule has 1 aliphatic rings. The minimum atomic E-state index is -0.00990. The molecule has 4 heteroatoms. The third kappa shape index (κ3) is 4.30. The van der Waals surface area contributed by atoms with Crippen molar-refractivity contribution in [1.29, 1.82) is 0 Å². The fourth-order valence-electron chi connectivity index (χ4n) is 1.92. The van der Waals surface area contributed by atoms with E-state index in [1.54, 1.807) is 6.26 Å². The Balaban J connectivity index is 1.82. The van der Waals surface area contributed by atoms with Gasteiger partial charge in [0.25, 0.3) is 0 Å². The van der Waals surface area contributed by atoms with Crippen LogP contribution in [0.25, 0.3) is 0 Å². The van der Waals surface area contributed by atoms with E-state index in [4.69, 9.17) is 4.74 Å². The van der Waals surface area contributed by atoms with E-state index in [1.807, 2.05) is 44.2 Å². The van der Waals surface area contributed by atoms with E-state index < -0.39 is 0 Å². The van der Waals surface area contributed by atoms with Crippen molar-refractivity contribution >= 4 is 17.3 Å². The number of hydrogen-bond donors (Lipinski definition) is 2. The summed E-state index contributed by atoms with van der Waals surface area (Å²) >= 11 is 0. The van der Waals surface area contributed by atoms with Crippen molar-refractivity contribution in [3.63, 3.8) is 0 Å². The van der Waals surface area contributed by atoms with Crippen LogP contribution in [0.15, 0.2) is 36.6 Å². The first-order valence-electron chi connectivity index (χ1n) is 7.10. The van der Waals surface area contributed by atoms with Gasteiger partial charge >= 0.3 is 0 Å². The van der Waals surface area contributed by atoms with Crippen molar-refractivity contribution in [2.75, 3.05) is 17.2 Å². The Morgan fingerprint density at radius 2 is 2.00 bits per heavy atom. The second kappa shape index (κ2) is 6.98. The Hall–Kier alpha value is -1.97. The Labute approximate surface area is 120 Å². The molecule has 1 aromatic carbocycles. The van der Waals surface area contributed by atoms with E-state index >= 15 is 0 Å². The van der Waals surface area contributed by atoms with E-state index in [9.17, 15) is 4.79 Å². The summed E-state index contributed by atoms with van der Waals surface area (Å²) in [6, 6.07) is 7.75. The lowest BCUT2D eigenvalue weighted by Crippen LogP contribution is -2.23. The molecule has 0 aliphatic carbocycles. The number of rotatable bonds is 5. The third-order valence-electron chi connectivity index (χ3n) is 3.23. The Morgan fingerprint density at radius 3 is 2.60 bits per heavy atom. The van der Waals surface area contributed by atoms with Crippen LogP contribution < -0.4 is 10.6 Å². The lowest BCUT2D eigenvalue weighted by molar-refractivity contribution is -0.118. The molecule has 1 amide bonds. The average Bonchev–Trinajstić information content (AvgIpc) is 2.47. The predicted octanol–water partition coefficient (Wildman–Crippen LogP) is 3.39. The Bertz CT molecular complexity index is 466. The van der Waals surface area contributed by atoms with Crippen molar-refractivity contribution in [1.82, 2.24) is 0 Å². The van der Waals surface area contributed by atoms with Gasteiger partial charge in [0.05, 0.1) is 12.8 Å². The van der Waals surface area contributed by atoms with Crippen LogP contribution in [0.1, 0.15) is 26.7 Å². The molecule has 108 valence electrons. The molecule has 20 heavy (non-hydrogen) atoms. The van der Waals surface area contributed by atoms with Crippen molar-refractivity contribution in [3.05, 3.63) is 36.6 Å². The smallest absolute Gasteiger partial charge is 0.226 e. The van der Waals surface area contributed by atoms with Crippen molar-refractivity contribution in [3.8, 4) is 0 Å². The first kappa shape index (κ1) is 14.4. The number of ether oxygens (including phenoxy) is 1. The van der Waals surface area contributed by atoms with Gasteiger partial charge in [-0.1, -0.05) is 13.8 Å². The zero-order valence-corrected chi connectivity index (χ0v) is 12.1. The van der Waals surface area contributed by atoms with Crippen molar-refractivity contribution in [2.24, 2.45) is 5.92 Å². The van der Waals surface area contributed by atoms with Gasteiger partial charge < -0.3 is 15.4 Å². The summed E-state index contributed by atoms with van der Waals surface area (Å²) in [6.45, 7) is 4.55. The van der Waals surface area contributed by atoms with Crippen LogP contribution in [0.4, 0.5) is 11.4 Å². The molecule has 1 heterocycles. The molecule has 1 atom stereocenters. The number of carbonyl (C=O) groups excluding carboxylic acids is 1. The van der Waals surface area contributed by atoms with Crippen LogP contribution in [0.5, 0.6) is 0 Å². The zero-order valence-electron chi connectivity index (χ0n) is 12.1. The predicted molar refractivity (Wildman–Crippen MR) is 81.6 cm³/mol. The van der Waals surface area contributed by atoms with Gasteiger partial charge in [0, 0.05) is 17.3 Å². The molecule has 2 rings (SSSR count). The number of benzene rings is 1. The quantitative estimate of drug-likeness (QED) is 0.865. The molecule has 0 aromatic heterocycles. The Kier molecular flexibility index (Phi) is 5.04. The van der Waals surface area contributed by atoms with Crippen molar-refractivity contribution < 1.29 is 9.53 Å². The van der Waals surface area contributed by atoms with Gasteiger partial charge in [-0.25, -0.2) is 0 Å². The molecule has 1 aliphatic heterocycles. The molecule has 0 fully saturated rings. The number of anilines is 2. The van der Waals surface area contributed by atoms with E-state index in [0.29, 0.717) is 0 Å². The summed E-state index contributed by atoms with van der Waals surface area (Å²) in [6.07, 6.45) is 6.18. The monoisotopic (exact) mass is 274 g/mol. The molecular weight excluding hydrogens is 252 g/mol. The molecule has 0 saturated heterocycles. The van der Waals surface area contributed by atoms with Gasteiger partial charge in [-0.05, 0) is 43.2 Å². The lowest BCUT2D eigenvalue weighted by Gasteiger charge is -2.20. The van der Waals surface area contributed by atoms with Gasteiger partial charge in [0.1, 0.15) is 6.10 Å². The van der Waals surface area contributed by atoms with Crippen LogP contribution in [-0.4, -0.2) is 18.6 Å². The molecule has 0 bridgehead atoms. The summed E-state index contributed by atoms with van der Waals surface area (Å²) < 4.78 is 5.50. The molecule has 4 nitrogen and oxygen atoms in total. The highest BCUT2D eigenvalue weighted by atomic mass is 16.5. The fraction of sp³-hybridized carbons (Fsp3) is 0.438. The molecule has 1 unspecified atom stereocenters. The minimum Gasteiger partial charge on any atom is -0.497 e. The summed E-state index contributed by atoms with van der Waals surface area (Å²) in [5, 5.41) is 6.22. The maximum atomic E-state index is 11.6. The topological polar surface area (TPSA) is 50.4 Å². The fourth-order valence-corrected chi connectivity index (χ4v) is 1.92. The van der Waals surface area contributed by atoms with Crippen LogP contribution >= 0.6 is 0 Å².